The number of hydrogen-bond donors (Lipinski definition) is 2. The Hall–Kier alpha value is -1.26. The van der Waals surface area contributed by atoms with Crippen molar-refractivity contribution in [3.63, 3.8) is 0 Å². The summed E-state index contributed by atoms with van der Waals surface area (Å²) < 4.78 is 5.14. The largest absolute Gasteiger partial charge is 0.444 e. The molecular formula is C12H20N2O3. The zero-order valence-corrected chi connectivity index (χ0v) is 10.6. The van der Waals surface area contributed by atoms with Crippen molar-refractivity contribution in [3.8, 4) is 0 Å². The summed E-state index contributed by atoms with van der Waals surface area (Å²) in [5.74, 6) is -0.0874. The third kappa shape index (κ3) is 2.70. The van der Waals surface area contributed by atoms with Gasteiger partial charge in [0.1, 0.15) is 11.6 Å². The SMILES string of the molecule is CC(C)(C)OC(=O)NC1CC2(CCC2)NC1=O. The van der Waals surface area contributed by atoms with Crippen LogP contribution in [-0.2, 0) is 9.53 Å². The Balaban J connectivity index is 1.87. The molecule has 1 atom stereocenters. The first-order chi connectivity index (χ1) is 7.80. The normalized spacial score (nSPS) is 26.3. The van der Waals surface area contributed by atoms with Crippen LogP contribution < -0.4 is 10.6 Å². The van der Waals surface area contributed by atoms with Gasteiger partial charge in [0.25, 0.3) is 0 Å². The molecule has 0 aromatic carbocycles. The molecule has 96 valence electrons. The van der Waals surface area contributed by atoms with Crippen LogP contribution in [0.1, 0.15) is 46.5 Å². The summed E-state index contributed by atoms with van der Waals surface area (Å²) in [6.07, 6.45) is 3.36. The van der Waals surface area contributed by atoms with Crippen molar-refractivity contribution in [1.82, 2.24) is 10.6 Å². The van der Waals surface area contributed by atoms with E-state index in [4.69, 9.17) is 4.74 Å². The van der Waals surface area contributed by atoms with Crippen LogP contribution in [0.2, 0.25) is 0 Å². The maximum absolute atomic E-state index is 11.7. The minimum Gasteiger partial charge on any atom is -0.444 e. The van der Waals surface area contributed by atoms with Crippen LogP contribution in [0, 0.1) is 0 Å². The molecule has 5 heteroatoms. The molecule has 1 aliphatic carbocycles. The van der Waals surface area contributed by atoms with Crippen molar-refractivity contribution in [2.75, 3.05) is 0 Å². The number of carbonyl (C=O) groups excluding carboxylic acids is 2. The number of ether oxygens (including phenoxy) is 1. The summed E-state index contributed by atoms with van der Waals surface area (Å²) in [7, 11) is 0. The second-order valence-electron chi connectivity index (χ2n) is 6.03. The highest BCUT2D eigenvalue weighted by Gasteiger charge is 2.48. The summed E-state index contributed by atoms with van der Waals surface area (Å²) >= 11 is 0. The van der Waals surface area contributed by atoms with Gasteiger partial charge in [0.2, 0.25) is 5.91 Å². The zero-order valence-electron chi connectivity index (χ0n) is 10.6. The molecule has 2 amide bonds. The molecule has 1 spiro atoms. The van der Waals surface area contributed by atoms with Gasteiger partial charge in [-0.3, -0.25) is 4.79 Å². The van der Waals surface area contributed by atoms with Gasteiger partial charge in [0.05, 0.1) is 0 Å². The molecule has 1 unspecified atom stereocenters. The third-order valence-electron chi connectivity index (χ3n) is 3.30. The lowest BCUT2D eigenvalue weighted by atomic mass is 9.75. The molecule has 5 nitrogen and oxygen atoms in total. The van der Waals surface area contributed by atoms with Crippen LogP contribution in [0.5, 0.6) is 0 Å². The summed E-state index contributed by atoms with van der Waals surface area (Å²) in [6.45, 7) is 5.40. The van der Waals surface area contributed by atoms with E-state index in [0.717, 1.165) is 19.3 Å². The van der Waals surface area contributed by atoms with E-state index in [0.29, 0.717) is 6.42 Å². The number of alkyl carbamates (subject to hydrolysis) is 1. The van der Waals surface area contributed by atoms with Gasteiger partial charge in [-0.15, -0.1) is 0 Å². The standard InChI is InChI=1S/C12H20N2O3/c1-11(2,3)17-10(16)13-8-7-12(5-4-6-12)14-9(8)15/h8H,4-7H2,1-3H3,(H,13,16)(H,14,15). The van der Waals surface area contributed by atoms with Gasteiger partial charge < -0.3 is 15.4 Å². The predicted octanol–water partition coefficient (Wildman–Crippen LogP) is 1.32. The molecule has 0 radical (unpaired) electrons. The van der Waals surface area contributed by atoms with Gasteiger partial charge in [0.15, 0.2) is 0 Å². The minimum absolute atomic E-state index is 0.0449. The van der Waals surface area contributed by atoms with Gasteiger partial charge in [-0.2, -0.15) is 0 Å². The smallest absolute Gasteiger partial charge is 0.408 e. The number of hydrogen-bond acceptors (Lipinski definition) is 3. The van der Waals surface area contributed by atoms with E-state index in [2.05, 4.69) is 10.6 Å². The fourth-order valence-electron chi connectivity index (χ4n) is 2.38. The minimum atomic E-state index is -0.534. The first-order valence-corrected chi connectivity index (χ1v) is 6.11. The number of nitrogens with one attached hydrogen (secondary N) is 2. The second kappa shape index (κ2) is 3.89. The molecule has 1 saturated carbocycles. The van der Waals surface area contributed by atoms with Crippen molar-refractivity contribution < 1.29 is 14.3 Å². The quantitative estimate of drug-likeness (QED) is 0.726. The number of rotatable bonds is 1. The van der Waals surface area contributed by atoms with Crippen LogP contribution in [0.3, 0.4) is 0 Å². The second-order valence-corrected chi connectivity index (χ2v) is 6.03. The van der Waals surface area contributed by atoms with Crippen molar-refractivity contribution in [2.45, 2.75) is 63.6 Å². The summed E-state index contributed by atoms with van der Waals surface area (Å²) in [6, 6.07) is -0.440. The van der Waals surface area contributed by atoms with Gasteiger partial charge in [-0.1, -0.05) is 0 Å². The molecule has 2 fully saturated rings. The Morgan fingerprint density at radius 3 is 2.53 bits per heavy atom. The van der Waals surface area contributed by atoms with Gasteiger partial charge >= 0.3 is 6.09 Å². The van der Waals surface area contributed by atoms with E-state index >= 15 is 0 Å². The summed E-state index contributed by atoms with van der Waals surface area (Å²) in [5.41, 5.74) is -0.579. The maximum Gasteiger partial charge on any atom is 0.408 e. The first-order valence-electron chi connectivity index (χ1n) is 6.11. The van der Waals surface area contributed by atoms with Crippen molar-refractivity contribution in [2.24, 2.45) is 0 Å². The van der Waals surface area contributed by atoms with E-state index in [-0.39, 0.29) is 11.4 Å². The molecule has 0 aromatic rings. The molecule has 2 rings (SSSR count). The molecule has 1 saturated heterocycles. The third-order valence-corrected chi connectivity index (χ3v) is 3.30. The monoisotopic (exact) mass is 240 g/mol. The Labute approximate surface area is 101 Å². The molecule has 0 bridgehead atoms. The molecule has 0 aromatic heterocycles. The lowest BCUT2D eigenvalue weighted by Gasteiger charge is -2.37. The van der Waals surface area contributed by atoms with E-state index in [1.54, 1.807) is 20.8 Å². The van der Waals surface area contributed by atoms with Crippen molar-refractivity contribution >= 4 is 12.0 Å². The van der Waals surface area contributed by atoms with Gasteiger partial charge in [0, 0.05) is 5.54 Å². The fourth-order valence-corrected chi connectivity index (χ4v) is 2.38. The Kier molecular flexibility index (Phi) is 2.79. The lowest BCUT2D eigenvalue weighted by Crippen LogP contribution is -2.47. The highest BCUT2D eigenvalue weighted by Crippen LogP contribution is 2.39. The molecule has 17 heavy (non-hydrogen) atoms. The van der Waals surface area contributed by atoms with E-state index in [9.17, 15) is 9.59 Å². The average molecular weight is 240 g/mol. The van der Waals surface area contributed by atoms with Crippen LogP contribution in [0.15, 0.2) is 0 Å². The molecule has 2 N–H and O–H groups in total. The Morgan fingerprint density at radius 2 is 2.12 bits per heavy atom. The van der Waals surface area contributed by atoms with Crippen LogP contribution in [-0.4, -0.2) is 29.2 Å². The highest BCUT2D eigenvalue weighted by atomic mass is 16.6. The molecule has 1 heterocycles. The summed E-state index contributed by atoms with van der Waals surface area (Å²) in [5, 5.41) is 5.61. The summed E-state index contributed by atoms with van der Waals surface area (Å²) in [4.78, 5) is 23.3. The van der Waals surface area contributed by atoms with Crippen molar-refractivity contribution in [3.05, 3.63) is 0 Å². The Morgan fingerprint density at radius 1 is 1.47 bits per heavy atom. The lowest BCUT2D eigenvalue weighted by molar-refractivity contribution is -0.121. The highest BCUT2D eigenvalue weighted by molar-refractivity contribution is 5.88. The van der Waals surface area contributed by atoms with Gasteiger partial charge in [-0.25, -0.2) is 4.79 Å². The zero-order chi connectivity index (χ0) is 12.7. The molecular weight excluding hydrogens is 220 g/mol. The fraction of sp³-hybridized carbons (Fsp3) is 0.833. The number of carbonyl (C=O) groups is 2. The first kappa shape index (κ1) is 12.2. The van der Waals surface area contributed by atoms with E-state index < -0.39 is 17.7 Å². The average Bonchev–Trinajstić information content (AvgIpc) is 2.39. The predicted molar refractivity (Wildman–Crippen MR) is 62.5 cm³/mol. The maximum atomic E-state index is 11.7. The molecule has 2 aliphatic rings. The van der Waals surface area contributed by atoms with Crippen LogP contribution in [0.4, 0.5) is 4.79 Å². The van der Waals surface area contributed by atoms with Crippen LogP contribution >= 0.6 is 0 Å². The topological polar surface area (TPSA) is 67.4 Å². The number of amides is 2. The molecule has 1 aliphatic heterocycles. The van der Waals surface area contributed by atoms with Crippen molar-refractivity contribution in [1.29, 1.82) is 0 Å². The van der Waals surface area contributed by atoms with Crippen LogP contribution in [0.25, 0.3) is 0 Å². The van der Waals surface area contributed by atoms with E-state index in [1.807, 2.05) is 0 Å². The Bertz CT molecular complexity index is 342. The van der Waals surface area contributed by atoms with E-state index in [1.165, 1.54) is 0 Å². The van der Waals surface area contributed by atoms with Gasteiger partial charge in [-0.05, 0) is 46.5 Å².